The summed E-state index contributed by atoms with van der Waals surface area (Å²) in [5.41, 5.74) is 5.93. The van der Waals surface area contributed by atoms with E-state index in [0.717, 1.165) is 12.8 Å². The summed E-state index contributed by atoms with van der Waals surface area (Å²) in [5, 5.41) is 0. The van der Waals surface area contributed by atoms with Crippen LogP contribution in [0.4, 0.5) is 0 Å². The minimum atomic E-state index is 0.347. The fourth-order valence-corrected chi connectivity index (χ4v) is 6.08. The summed E-state index contributed by atoms with van der Waals surface area (Å²) in [7, 11) is 0. The first-order chi connectivity index (χ1) is 10.2. The SMILES string of the molecule is CCc1ccc(CC)c(C(Br)c2cc3c(s2)CCSC3)c1. The largest absolute Gasteiger partial charge is 0.157 e. The molecule has 0 radical (unpaired) electrons. The van der Waals surface area contributed by atoms with Crippen molar-refractivity contribution in [3.8, 4) is 0 Å². The first kappa shape index (κ1) is 15.6. The molecular weight excluding hydrogens is 360 g/mol. The number of benzene rings is 1. The molecule has 1 atom stereocenters. The Morgan fingerprint density at radius 3 is 2.76 bits per heavy atom. The van der Waals surface area contributed by atoms with E-state index in [4.69, 9.17) is 0 Å². The highest BCUT2D eigenvalue weighted by Crippen LogP contribution is 2.41. The fraction of sp³-hybridized carbons (Fsp3) is 0.444. The summed E-state index contributed by atoms with van der Waals surface area (Å²) >= 11 is 8.05. The molecule has 1 aromatic heterocycles. The van der Waals surface area contributed by atoms with Gasteiger partial charge in [-0.05, 0) is 53.3 Å². The van der Waals surface area contributed by atoms with Gasteiger partial charge >= 0.3 is 0 Å². The average Bonchev–Trinajstić information content (AvgIpc) is 2.97. The Bertz CT molecular complexity index is 607. The Morgan fingerprint density at radius 2 is 2.05 bits per heavy atom. The van der Waals surface area contributed by atoms with Gasteiger partial charge in [0, 0.05) is 15.5 Å². The molecule has 2 aromatic rings. The van der Waals surface area contributed by atoms with E-state index >= 15 is 0 Å². The smallest absolute Gasteiger partial charge is 0.0741 e. The summed E-state index contributed by atoms with van der Waals surface area (Å²) in [6.07, 6.45) is 3.46. The van der Waals surface area contributed by atoms with Crippen LogP contribution in [-0.2, 0) is 25.0 Å². The summed E-state index contributed by atoms with van der Waals surface area (Å²) < 4.78 is 0. The molecule has 0 aliphatic carbocycles. The number of alkyl halides is 1. The van der Waals surface area contributed by atoms with Gasteiger partial charge < -0.3 is 0 Å². The number of thiophene rings is 1. The van der Waals surface area contributed by atoms with E-state index in [9.17, 15) is 0 Å². The van der Waals surface area contributed by atoms with Gasteiger partial charge in [0.1, 0.15) is 0 Å². The maximum absolute atomic E-state index is 3.98. The minimum Gasteiger partial charge on any atom is -0.157 e. The van der Waals surface area contributed by atoms with Crippen LogP contribution in [0, 0.1) is 0 Å². The number of hydrogen-bond acceptors (Lipinski definition) is 2. The van der Waals surface area contributed by atoms with E-state index in [2.05, 4.69) is 65.8 Å². The first-order valence-electron chi connectivity index (χ1n) is 7.67. The maximum atomic E-state index is 3.98. The molecule has 1 unspecified atom stereocenters. The van der Waals surface area contributed by atoms with Crippen molar-refractivity contribution in [1.82, 2.24) is 0 Å². The fourth-order valence-electron chi connectivity index (χ4n) is 2.87. The third kappa shape index (κ3) is 3.25. The predicted molar refractivity (Wildman–Crippen MR) is 100 cm³/mol. The van der Waals surface area contributed by atoms with Crippen molar-refractivity contribution < 1.29 is 0 Å². The van der Waals surface area contributed by atoms with Crippen molar-refractivity contribution in [2.75, 3.05) is 5.75 Å². The number of aryl methyl sites for hydroxylation is 3. The van der Waals surface area contributed by atoms with Crippen LogP contribution in [0.15, 0.2) is 24.3 Å². The number of fused-ring (bicyclic) bond motifs is 1. The van der Waals surface area contributed by atoms with Gasteiger partial charge in [0.25, 0.3) is 0 Å². The Labute approximate surface area is 144 Å². The molecule has 1 aliphatic rings. The van der Waals surface area contributed by atoms with Crippen LogP contribution in [0.1, 0.15) is 50.7 Å². The average molecular weight is 381 g/mol. The maximum Gasteiger partial charge on any atom is 0.0741 e. The van der Waals surface area contributed by atoms with E-state index in [1.165, 1.54) is 39.5 Å². The normalized spacial score (nSPS) is 15.8. The third-order valence-electron chi connectivity index (χ3n) is 4.17. The quantitative estimate of drug-likeness (QED) is 0.573. The molecule has 0 N–H and O–H groups in total. The van der Waals surface area contributed by atoms with Crippen LogP contribution in [0.2, 0.25) is 0 Å². The van der Waals surface area contributed by atoms with E-state index in [1.54, 1.807) is 10.4 Å². The third-order valence-corrected chi connectivity index (χ3v) is 7.77. The van der Waals surface area contributed by atoms with Gasteiger partial charge in [-0.25, -0.2) is 0 Å². The molecule has 1 aromatic carbocycles. The molecule has 0 nitrogen and oxygen atoms in total. The Morgan fingerprint density at radius 1 is 1.19 bits per heavy atom. The zero-order chi connectivity index (χ0) is 14.8. The molecule has 0 saturated carbocycles. The monoisotopic (exact) mass is 380 g/mol. The lowest BCUT2D eigenvalue weighted by molar-refractivity contribution is 1.04. The van der Waals surface area contributed by atoms with Crippen molar-refractivity contribution in [3.63, 3.8) is 0 Å². The van der Waals surface area contributed by atoms with Gasteiger partial charge in [0.15, 0.2) is 0 Å². The number of thioether (sulfide) groups is 1. The van der Waals surface area contributed by atoms with Gasteiger partial charge in [0.2, 0.25) is 0 Å². The summed E-state index contributed by atoms with van der Waals surface area (Å²) in [4.78, 5) is 3.43. The number of hydrogen-bond donors (Lipinski definition) is 0. The second kappa shape index (κ2) is 6.89. The molecule has 1 aliphatic heterocycles. The van der Waals surface area contributed by atoms with E-state index in [1.807, 2.05) is 11.3 Å². The van der Waals surface area contributed by atoms with Crippen LogP contribution in [-0.4, -0.2) is 5.75 Å². The number of rotatable bonds is 4. The topological polar surface area (TPSA) is 0 Å². The van der Waals surface area contributed by atoms with Crippen LogP contribution >= 0.6 is 39.0 Å². The molecule has 0 bridgehead atoms. The molecule has 3 heteroatoms. The minimum absolute atomic E-state index is 0.347. The standard InChI is InChI=1S/C18H21BrS2/c1-3-12-5-6-13(4-2)15(9-12)18(19)17-10-14-11-20-8-7-16(14)21-17/h5-6,9-10,18H,3-4,7-8,11H2,1-2H3. The van der Waals surface area contributed by atoms with Gasteiger partial charge in [0.05, 0.1) is 4.83 Å². The highest BCUT2D eigenvalue weighted by Gasteiger charge is 2.20. The summed E-state index contributed by atoms with van der Waals surface area (Å²) in [5.74, 6) is 2.48. The van der Waals surface area contributed by atoms with Crippen molar-refractivity contribution in [1.29, 1.82) is 0 Å². The van der Waals surface area contributed by atoms with E-state index in [-0.39, 0.29) is 0 Å². The van der Waals surface area contributed by atoms with Crippen molar-refractivity contribution in [2.24, 2.45) is 0 Å². The molecule has 112 valence electrons. The zero-order valence-electron chi connectivity index (χ0n) is 12.6. The molecule has 0 fully saturated rings. The predicted octanol–water partition coefficient (Wildman–Crippen LogP) is 6.15. The molecule has 2 heterocycles. The van der Waals surface area contributed by atoms with Crippen LogP contribution in [0.25, 0.3) is 0 Å². The molecule has 0 saturated heterocycles. The molecular formula is C18H21BrS2. The van der Waals surface area contributed by atoms with Gasteiger partial charge in [-0.15, -0.1) is 11.3 Å². The van der Waals surface area contributed by atoms with Gasteiger partial charge in [-0.1, -0.05) is 48.0 Å². The summed E-state index contributed by atoms with van der Waals surface area (Å²) in [6, 6.07) is 9.42. The zero-order valence-corrected chi connectivity index (χ0v) is 15.8. The Balaban J connectivity index is 1.97. The van der Waals surface area contributed by atoms with E-state index < -0.39 is 0 Å². The summed E-state index contributed by atoms with van der Waals surface area (Å²) in [6.45, 7) is 4.48. The highest BCUT2D eigenvalue weighted by atomic mass is 79.9. The highest BCUT2D eigenvalue weighted by molar-refractivity contribution is 9.09. The lowest BCUT2D eigenvalue weighted by atomic mass is 9.97. The van der Waals surface area contributed by atoms with Gasteiger partial charge in [-0.3, -0.25) is 0 Å². The van der Waals surface area contributed by atoms with Crippen LogP contribution in [0.3, 0.4) is 0 Å². The second-order valence-corrected chi connectivity index (χ2v) is 8.69. The van der Waals surface area contributed by atoms with Gasteiger partial charge in [-0.2, -0.15) is 11.8 Å². The molecule has 0 spiro atoms. The van der Waals surface area contributed by atoms with Crippen molar-refractivity contribution in [2.45, 2.75) is 43.7 Å². The molecule has 3 rings (SSSR count). The Hall–Kier alpha value is -0.250. The van der Waals surface area contributed by atoms with Crippen LogP contribution in [0.5, 0.6) is 0 Å². The lowest BCUT2D eigenvalue weighted by Gasteiger charge is -2.15. The first-order valence-corrected chi connectivity index (χ1v) is 10.6. The lowest BCUT2D eigenvalue weighted by Crippen LogP contribution is -1.98. The van der Waals surface area contributed by atoms with Crippen LogP contribution < -0.4 is 0 Å². The molecule has 21 heavy (non-hydrogen) atoms. The van der Waals surface area contributed by atoms with Crippen molar-refractivity contribution in [3.05, 3.63) is 56.3 Å². The van der Waals surface area contributed by atoms with E-state index in [0.29, 0.717) is 4.83 Å². The second-order valence-electron chi connectivity index (χ2n) is 5.50. The van der Waals surface area contributed by atoms with Crippen molar-refractivity contribution >= 4 is 39.0 Å². The Kier molecular flexibility index (Phi) is 5.13. The molecule has 0 amide bonds. The number of halogens is 1.